The lowest BCUT2D eigenvalue weighted by Crippen LogP contribution is -2.05. The monoisotopic (exact) mass is 283 g/mol. The van der Waals surface area contributed by atoms with E-state index < -0.39 is 0 Å². The van der Waals surface area contributed by atoms with Gasteiger partial charge in [-0.25, -0.2) is 9.97 Å². The van der Waals surface area contributed by atoms with E-state index in [2.05, 4.69) is 30.7 Å². The van der Waals surface area contributed by atoms with Gasteiger partial charge in [-0.2, -0.15) is 0 Å². The highest BCUT2D eigenvalue weighted by Gasteiger charge is 2.10. The van der Waals surface area contributed by atoms with Gasteiger partial charge in [0.25, 0.3) is 0 Å². The Morgan fingerprint density at radius 1 is 1.19 bits per heavy atom. The fraction of sp³-hybridized carbons (Fsp3) is 0.0769. The molecule has 3 rings (SSSR count). The zero-order valence-electron chi connectivity index (χ0n) is 11.2. The summed E-state index contributed by atoms with van der Waals surface area (Å²) >= 11 is 0. The van der Waals surface area contributed by atoms with E-state index in [1.807, 2.05) is 12.1 Å². The fourth-order valence-electron chi connectivity index (χ4n) is 1.71. The van der Waals surface area contributed by atoms with E-state index in [4.69, 9.17) is 10.3 Å². The maximum absolute atomic E-state index is 6.06. The van der Waals surface area contributed by atoms with Crippen LogP contribution in [0.4, 0.5) is 28.8 Å². The molecule has 8 heteroatoms. The second-order valence-corrected chi connectivity index (χ2v) is 4.30. The lowest BCUT2D eigenvalue weighted by atomic mass is 10.3. The zero-order valence-corrected chi connectivity index (χ0v) is 11.2. The summed E-state index contributed by atoms with van der Waals surface area (Å²) in [6.07, 6.45) is 4.77. The van der Waals surface area contributed by atoms with Gasteiger partial charge in [0.2, 0.25) is 0 Å². The molecule has 0 bridgehead atoms. The second kappa shape index (κ2) is 5.45. The van der Waals surface area contributed by atoms with Crippen LogP contribution in [0.25, 0.3) is 0 Å². The summed E-state index contributed by atoms with van der Waals surface area (Å²) in [5, 5.41) is 9.90. The van der Waals surface area contributed by atoms with Crippen LogP contribution in [0.1, 0.15) is 5.76 Å². The molecule has 3 heterocycles. The summed E-state index contributed by atoms with van der Waals surface area (Å²) in [5.74, 6) is 2.16. The van der Waals surface area contributed by atoms with Crippen LogP contribution in [-0.4, -0.2) is 20.1 Å². The Kier molecular flexibility index (Phi) is 3.34. The Bertz CT molecular complexity index is 741. The molecule has 3 aromatic rings. The molecule has 0 saturated carbocycles. The number of anilines is 5. The topological polar surface area (TPSA) is 115 Å². The first kappa shape index (κ1) is 12.9. The molecule has 4 N–H and O–H groups in total. The average molecular weight is 283 g/mol. The molecule has 0 aliphatic rings. The Balaban J connectivity index is 1.85. The molecule has 0 unspecified atom stereocenters. The van der Waals surface area contributed by atoms with Gasteiger partial charge in [-0.05, 0) is 19.1 Å². The van der Waals surface area contributed by atoms with Crippen LogP contribution in [-0.2, 0) is 0 Å². The van der Waals surface area contributed by atoms with Crippen LogP contribution >= 0.6 is 0 Å². The van der Waals surface area contributed by atoms with Crippen LogP contribution in [0.5, 0.6) is 0 Å². The molecular formula is C13H13N7O. The molecule has 21 heavy (non-hydrogen) atoms. The minimum atomic E-state index is 0.377. The lowest BCUT2D eigenvalue weighted by Gasteiger charge is -2.10. The minimum Gasteiger partial charge on any atom is -0.393 e. The average Bonchev–Trinajstić information content (AvgIpc) is 2.90. The van der Waals surface area contributed by atoms with Gasteiger partial charge in [-0.15, -0.1) is 0 Å². The van der Waals surface area contributed by atoms with Gasteiger partial charge >= 0.3 is 0 Å². The van der Waals surface area contributed by atoms with Crippen molar-refractivity contribution in [1.29, 1.82) is 0 Å². The first-order chi connectivity index (χ1) is 10.2. The Morgan fingerprint density at radius 3 is 2.67 bits per heavy atom. The van der Waals surface area contributed by atoms with Gasteiger partial charge in [0.1, 0.15) is 17.8 Å². The predicted octanol–water partition coefficient (Wildman–Crippen LogP) is 2.24. The Hall–Kier alpha value is -3.16. The fourth-order valence-corrected chi connectivity index (χ4v) is 1.71. The quantitative estimate of drug-likeness (QED) is 0.667. The number of hydrogen-bond acceptors (Lipinski definition) is 8. The molecular weight excluding hydrogens is 270 g/mol. The van der Waals surface area contributed by atoms with Crippen molar-refractivity contribution in [2.24, 2.45) is 0 Å². The van der Waals surface area contributed by atoms with Crippen LogP contribution in [0.15, 0.2) is 41.4 Å². The highest BCUT2D eigenvalue weighted by Crippen LogP contribution is 2.27. The standard InChI is InChI=1S/C13H13N7O/c1-8-5-10(20-21-8)19-13-11(14)12(16-7-17-13)18-9-3-2-4-15-6-9/h2-7H,14H2,1H3,(H2,16,17,18,19,20). The SMILES string of the molecule is Cc1cc(Nc2ncnc(Nc3cccnc3)c2N)no1. The van der Waals surface area contributed by atoms with E-state index in [9.17, 15) is 0 Å². The van der Waals surface area contributed by atoms with Crippen molar-refractivity contribution >= 4 is 28.8 Å². The normalized spacial score (nSPS) is 10.3. The Morgan fingerprint density at radius 2 is 2.00 bits per heavy atom. The van der Waals surface area contributed by atoms with Gasteiger partial charge in [0.05, 0.1) is 11.9 Å². The third kappa shape index (κ3) is 2.89. The van der Waals surface area contributed by atoms with Crippen LogP contribution in [0.3, 0.4) is 0 Å². The maximum Gasteiger partial charge on any atom is 0.175 e. The summed E-state index contributed by atoms with van der Waals surface area (Å²) in [5.41, 5.74) is 7.22. The van der Waals surface area contributed by atoms with Gasteiger partial charge in [-0.3, -0.25) is 4.98 Å². The maximum atomic E-state index is 6.06. The summed E-state index contributed by atoms with van der Waals surface area (Å²) in [6, 6.07) is 5.43. The summed E-state index contributed by atoms with van der Waals surface area (Å²) < 4.78 is 4.98. The molecule has 3 aromatic heterocycles. The number of hydrogen-bond donors (Lipinski definition) is 3. The largest absolute Gasteiger partial charge is 0.393 e. The molecule has 0 radical (unpaired) electrons. The smallest absolute Gasteiger partial charge is 0.175 e. The van der Waals surface area contributed by atoms with Crippen molar-refractivity contribution in [2.75, 3.05) is 16.4 Å². The molecule has 0 saturated heterocycles. The number of aromatic nitrogens is 4. The van der Waals surface area contributed by atoms with Crippen molar-refractivity contribution in [1.82, 2.24) is 20.1 Å². The van der Waals surface area contributed by atoms with E-state index in [1.54, 1.807) is 25.4 Å². The first-order valence-corrected chi connectivity index (χ1v) is 6.20. The van der Waals surface area contributed by atoms with Gasteiger partial charge in [-0.1, -0.05) is 5.16 Å². The molecule has 8 nitrogen and oxygen atoms in total. The van der Waals surface area contributed by atoms with Gasteiger partial charge in [0.15, 0.2) is 17.5 Å². The molecule has 0 aliphatic carbocycles. The molecule has 0 spiro atoms. The van der Waals surface area contributed by atoms with E-state index in [0.717, 1.165) is 5.69 Å². The molecule has 0 amide bonds. The molecule has 0 atom stereocenters. The minimum absolute atomic E-state index is 0.377. The van der Waals surface area contributed by atoms with Crippen molar-refractivity contribution < 1.29 is 4.52 Å². The van der Waals surface area contributed by atoms with Gasteiger partial charge in [0, 0.05) is 12.3 Å². The number of nitrogen functional groups attached to an aromatic ring is 1. The van der Waals surface area contributed by atoms with Crippen molar-refractivity contribution in [3.8, 4) is 0 Å². The van der Waals surface area contributed by atoms with E-state index in [-0.39, 0.29) is 0 Å². The number of rotatable bonds is 4. The number of aryl methyl sites for hydroxylation is 1. The van der Waals surface area contributed by atoms with E-state index >= 15 is 0 Å². The number of pyridine rings is 1. The van der Waals surface area contributed by atoms with Crippen LogP contribution in [0, 0.1) is 6.92 Å². The first-order valence-electron chi connectivity index (χ1n) is 6.20. The highest BCUT2D eigenvalue weighted by atomic mass is 16.5. The Labute approximate surface area is 120 Å². The predicted molar refractivity (Wildman–Crippen MR) is 78.5 cm³/mol. The van der Waals surface area contributed by atoms with E-state index in [1.165, 1.54) is 6.33 Å². The zero-order chi connectivity index (χ0) is 14.7. The second-order valence-electron chi connectivity index (χ2n) is 4.30. The van der Waals surface area contributed by atoms with Crippen LogP contribution in [0.2, 0.25) is 0 Å². The summed E-state index contributed by atoms with van der Waals surface area (Å²) in [6.45, 7) is 1.80. The van der Waals surface area contributed by atoms with Crippen molar-refractivity contribution in [3.05, 3.63) is 42.7 Å². The lowest BCUT2D eigenvalue weighted by molar-refractivity contribution is 0.400. The number of nitrogens with zero attached hydrogens (tertiary/aromatic N) is 4. The molecule has 106 valence electrons. The summed E-state index contributed by atoms with van der Waals surface area (Å²) in [4.78, 5) is 12.2. The molecule has 0 fully saturated rings. The van der Waals surface area contributed by atoms with Crippen LogP contribution < -0.4 is 16.4 Å². The molecule has 0 aliphatic heterocycles. The highest BCUT2D eigenvalue weighted by molar-refractivity contribution is 5.79. The molecule has 0 aromatic carbocycles. The third-order valence-electron chi connectivity index (χ3n) is 2.68. The number of nitrogens with one attached hydrogen (secondary N) is 2. The van der Waals surface area contributed by atoms with Gasteiger partial charge < -0.3 is 20.9 Å². The third-order valence-corrected chi connectivity index (χ3v) is 2.68. The van der Waals surface area contributed by atoms with Crippen molar-refractivity contribution in [3.63, 3.8) is 0 Å². The van der Waals surface area contributed by atoms with E-state index in [0.29, 0.717) is 28.9 Å². The van der Waals surface area contributed by atoms with Crippen molar-refractivity contribution in [2.45, 2.75) is 6.92 Å². The summed E-state index contributed by atoms with van der Waals surface area (Å²) in [7, 11) is 0. The number of nitrogens with two attached hydrogens (primary N) is 1.